The minimum atomic E-state index is -3.97. The molecule has 0 aliphatic rings. The van der Waals surface area contributed by atoms with Gasteiger partial charge in [-0.25, -0.2) is 8.42 Å². The Morgan fingerprint density at radius 2 is 1.81 bits per heavy atom. The monoisotopic (exact) mass is 418 g/mol. The van der Waals surface area contributed by atoms with Crippen LogP contribution in [0.3, 0.4) is 0 Å². The van der Waals surface area contributed by atoms with E-state index in [-0.39, 0.29) is 21.9 Å². The van der Waals surface area contributed by atoms with E-state index in [9.17, 15) is 18.0 Å². The summed E-state index contributed by atoms with van der Waals surface area (Å²) < 4.78 is 32.4. The van der Waals surface area contributed by atoms with E-state index < -0.39 is 34.5 Å². The molecule has 0 spiro atoms. The number of hydrogen-bond acceptors (Lipinski definition) is 5. The molecule has 1 amide bonds. The van der Waals surface area contributed by atoms with E-state index in [4.69, 9.17) is 16.3 Å². The molecule has 1 rings (SSSR count). The second kappa shape index (κ2) is 10.6. The summed E-state index contributed by atoms with van der Waals surface area (Å²) >= 11 is 5.83. The van der Waals surface area contributed by atoms with Crippen LogP contribution in [0.4, 0.5) is 0 Å². The van der Waals surface area contributed by atoms with E-state index >= 15 is 0 Å². The minimum absolute atomic E-state index is 0.0124. The molecule has 9 heteroatoms. The van der Waals surface area contributed by atoms with E-state index in [0.29, 0.717) is 0 Å². The highest BCUT2D eigenvalue weighted by Gasteiger charge is 2.30. The number of rotatable bonds is 10. The Morgan fingerprint density at radius 3 is 2.33 bits per heavy atom. The third kappa shape index (κ3) is 7.48. The van der Waals surface area contributed by atoms with Gasteiger partial charge in [0, 0.05) is 11.1 Å². The number of carbonyl (C=O) groups excluding carboxylic acids is 2. The van der Waals surface area contributed by atoms with E-state index in [2.05, 4.69) is 10.0 Å². The lowest BCUT2D eigenvalue weighted by molar-refractivity contribution is -0.151. The smallest absolute Gasteiger partial charge is 0.324 e. The third-order valence-electron chi connectivity index (χ3n) is 4.01. The van der Waals surface area contributed by atoms with Gasteiger partial charge < -0.3 is 10.1 Å². The number of amides is 1. The Kier molecular flexibility index (Phi) is 9.21. The normalized spacial score (nSPS) is 12.9. The van der Waals surface area contributed by atoms with Crippen molar-refractivity contribution in [1.82, 2.24) is 10.0 Å². The van der Waals surface area contributed by atoms with Gasteiger partial charge >= 0.3 is 5.97 Å². The quantitative estimate of drug-likeness (QED) is 0.568. The van der Waals surface area contributed by atoms with Crippen LogP contribution in [0.2, 0.25) is 5.02 Å². The molecule has 152 valence electrons. The Morgan fingerprint density at radius 1 is 1.19 bits per heavy atom. The number of halogens is 1. The Hall–Kier alpha value is -1.64. The first-order valence-electron chi connectivity index (χ1n) is 8.84. The number of carbonyl (C=O) groups is 2. The van der Waals surface area contributed by atoms with Crippen LogP contribution >= 0.6 is 11.6 Å². The number of esters is 1. The van der Waals surface area contributed by atoms with Gasteiger partial charge in [0.15, 0.2) is 6.61 Å². The minimum Gasteiger partial charge on any atom is -0.454 e. The predicted octanol–water partition coefficient (Wildman–Crippen LogP) is 2.49. The second-order valence-corrected chi connectivity index (χ2v) is 8.64. The van der Waals surface area contributed by atoms with Gasteiger partial charge in [0.2, 0.25) is 10.0 Å². The third-order valence-corrected chi connectivity index (χ3v) is 5.68. The van der Waals surface area contributed by atoms with Crippen LogP contribution in [0.1, 0.15) is 40.5 Å². The fraction of sp³-hybridized carbons (Fsp3) is 0.556. The molecular weight excluding hydrogens is 392 g/mol. The Balaban J connectivity index is 2.77. The topological polar surface area (TPSA) is 102 Å². The largest absolute Gasteiger partial charge is 0.454 e. The summed E-state index contributed by atoms with van der Waals surface area (Å²) in [4.78, 5) is 24.1. The summed E-state index contributed by atoms with van der Waals surface area (Å²) in [7, 11) is -3.97. The lowest BCUT2D eigenvalue weighted by atomic mass is 10.1. The standard InChI is InChI=1S/C18H27ClN2O5S/c1-5-14(6-2)20-16(22)11-26-18(23)17(12(3)4)21-27(24,25)15-9-7-8-13(19)10-15/h7-10,12,14,17,21H,5-6,11H2,1-4H3,(H,20,22)/t17-/m0/s1. The molecule has 0 heterocycles. The fourth-order valence-corrected chi connectivity index (χ4v) is 3.95. The van der Waals surface area contributed by atoms with Crippen LogP contribution < -0.4 is 10.0 Å². The Labute approximate surface area is 165 Å². The molecule has 0 saturated heterocycles. The first kappa shape index (κ1) is 23.4. The number of hydrogen-bond donors (Lipinski definition) is 2. The molecule has 0 aliphatic carbocycles. The van der Waals surface area contributed by atoms with Crippen molar-refractivity contribution in [2.45, 2.75) is 57.5 Å². The van der Waals surface area contributed by atoms with Crippen molar-refractivity contribution >= 4 is 33.5 Å². The fourth-order valence-electron chi connectivity index (χ4n) is 2.31. The summed E-state index contributed by atoms with van der Waals surface area (Å²) in [6, 6.07) is 4.60. The van der Waals surface area contributed by atoms with Crippen LogP contribution in [0.15, 0.2) is 29.2 Å². The summed E-state index contributed by atoms with van der Waals surface area (Å²) in [5, 5.41) is 3.01. The van der Waals surface area contributed by atoms with E-state index in [0.717, 1.165) is 12.8 Å². The lowest BCUT2D eigenvalue weighted by Gasteiger charge is -2.21. The molecule has 1 atom stereocenters. The molecular formula is C18H27ClN2O5S. The maximum Gasteiger partial charge on any atom is 0.324 e. The predicted molar refractivity (Wildman–Crippen MR) is 104 cm³/mol. The molecule has 0 aliphatic heterocycles. The molecule has 0 unspecified atom stereocenters. The zero-order valence-corrected chi connectivity index (χ0v) is 17.6. The molecule has 0 saturated carbocycles. The average Bonchev–Trinajstić information content (AvgIpc) is 2.62. The van der Waals surface area contributed by atoms with E-state index in [1.807, 2.05) is 13.8 Å². The highest BCUT2D eigenvalue weighted by Crippen LogP contribution is 2.17. The van der Waals surface area contributed by atoms with E-state index in [1.54, 1.807) is 19.9 Å². The summed E-state index contributed by atoms with van der Waals surface area (Å²) in [6.07, 6.45) is 1.54. The van der Waals surface area contributed by atoms with Crippen molar-refractivity contribution in [3.63, 3.8) is 0 Å². The van der Waals surface area contributed by atoms with Gasteiger partial charge in [0.05, 0.1) is 4.90 Å². The zero-order chi connectivity index (χ0) is 20.6. The molecule has 0 aromatic heterocycles. The highest BCUT2D eigenvalue weighted by atomic mass is 35.5. The van der Waals surface area contributed by atoms with Crippen molar-refractivity contribution in [1.29, 1.82) is 0 Å². The van der Waals surface area contributed by atoms with E-state index in [1.165, 1.54) is 18.2 Å². The van der Waals surface area contributed by atoms with Crippen LogP contribution in [0, 0.1) is 5.92 Å². The van der Waals surface area contributed by atoms with Gasteiger partial charge in [-0.05, 0) is 37.0 Å². The van der Waals surface area contributed by atoms with Crippen molar-refractivity contribution in [2.75, 3.05) is 6.61 Å². The first-order valence-corrected chi connectivity index (χ1v) is 10.7. The summed E-state index contributed by atoms with van der Waals surface area (Å²) in [5.74, 6) is -1.61. The Bertz CT molecular complexity index is 748. The van der Waals surface area contributed by atoms with Gasteiger partial charge in [-0.2, -0.15) is 4.72 Å². The van der Waals surface area contributed by atoms with Gasteiger partial charge in [-0.3, -0.25) is 9.59 Å². The van der Waals surface area contributed by atoms with Gasteiger partial charge in [0.25, 0.3) is 5.91 Å². The van der Waals surface area contributed by atoms with Crippen molar-refractivity contribution in [2.24, 2.45) is 5.92 Å². The summed E-state index contributed by atoms with van der Waals surface area (Å²) in [5.41, 5.74) is 0. The van der Waals surface area contributed by atoms with Crippen LogP contribution in [0.5, 0.6) is 0 Å². The molecule has 1 aromatic carbocycles. The number of ether oxygens (including phenoxy) is 1. The maximum atomic E-state index is 12.5. The number of nitrogens with one attached hydrogen (secondary N) is 2. The number of benzene rings is 1. The maximum absolute atomic E-state index is 12.5. The van der Waals surface area contributed by atoms with Gasteiger partial charge in [-0.15, -0.1) is 0 Å². The molecule has 0 fully saturated rings. The highest BCUT2D eigenvalue weighted by molar-refractivity contribution is 7.89. The molecule has 2 N–H and O–H groups in total. The number of sulfonamides is 1. The van der Waals surface area contributed by atoms with Gasteiger partial charge in [0.1, 0.15) is 6.04 Å². The molecule has 0 bridgehead atoms. The zero-order valence-electron chi connectivity index (χ0n) is 16.0. The SMILES string of the molecule is CCC(CC)NC(=O)COC(=O)[C@@H](NS(=O)(=O)c1cccc(Cl)c1)C(C)C. The van der Waals surface area contributed by atoms with Crippen LogP contribution in [-0.4, -0.2) is 39.0 Å². The van der Waals surface area contributed by atoms with Crippen molar-refractivity contribution in [3.05, 3.63) is 29.3 Å². The first-order chi connectivity index (χ1) is 12.6. The second-order valence-electron chi connectivity index (χ2n) is 6.49. The van der Waals surface area contributed by atoms with Gasteiger partial charge in [-0.1, -0.05) is 45.4 Å². The molecule has 27 heavy (non-hydrogen) atoms. The lowest BCUT2D eigenvalue weighted by Crippen LogP contribution is -2.46. The van der Waals surface area contributed by atoms with Crippen molar-refractivity contribution in [3.8, 4) is 0 Å². The molecule has 1 aromatic rings. The summed E-state index contributed by atoms with van der Waals surface area (Å²) in [6.45, 7) is 6.78. The van der Waals surface area contributed by atoms with Crippen LogP contribution in [-0.2, 0) is 24.3 Å². The molecule has 0 radical (unpaired) electrons. The average molecular weight is 419 g/mol. The molecule has 7 nitrogen and oxygen atoms in total. The van der Waals surface area contributed by atoms with Crippen LogP contribution in [0.25, 0.3) is 0 Å². The van der Waals surface area contributed by atoms with Crippen molar-refractivity contribution < 1.29 is 22.7 Å².